The number of unbranched alkanes of at least 4 members (excludes halogenated alkanes) is 4. The van der Waals surface area contributed by atoms with Gasteiger partial charge in [-0.05, 0) is 45.9 Å². The van der Waals surface area contributed by atoms with Crippen LogP contribution in [0.2, 0.25) is 0 Å². The van der Waals surface area contributed by atoms with Crippen molar-refractivity contribution >= 4 is 0 Å². The molecule has 0 aromatic heterocycles. The summed E-state index contributed by atoms with van der Waals surface area (Å²) in [6.45, 7) is 7.29. The van der Waals surface area contributed by atoms with Crippen molar-refractivity contribution in [3.63, 3.8) is 0 Å². The van der Waals surface area contributed by atoms with Crippen LogP contribution >= 0.6 is 0 Å². The van der Waals surface area contributed by atoms with Crippen LogP contribution in [-0.4, -0.2) is 26.7 Å². The molecule has 0 aliphatic rings. The Kier molecular flexibility index (Phi) is 11.8. The zero-order chi connectivity index (χ0) is 9.78. The van der Waals surface area contributed by atoms with Gasteiger partial charge in [-0.1, -0.05) is 26.2 Å². The highest BCUT2D eigenvalue weighted by molar-refractivity contribution is 4.51. The summed E-state index contributed by atoms with van der Waals surface area (Å²) in [6.07, 6.45) is 7.61. The molecule has 0 aliphatic heterocycles. The molecule has 2 nitrogen and oxygen atoms in total. The van der Waals surface area contributed by atoms with Gasteiger partial charge in [-0.2, -0.15) is 0 Å². The number of hydrogen-bond acceptors (Lipinski definition) is 2. The third-order valence-corrected chi connectivity index (χ3v) is 2.13. The van der Waals surface area contributed by atoms with E-state index in [1.165, 1.54) is 38.6 Å². The minimum Gasteiger partial charge on any atom is -0.320 e. The predicted octanol–water partition coefficient (Wildman–Crippen LogP) is 1.97. The standard InChI is InChI=1S/C11H25N2/c1-3-4-10-13-11-8-6-5-7-9-12-2/h12-13H,1,3-11H2,2H3. The smallest absolute Gasteiger partial charge is 0.00489 e. The van der Waals surface area contributed by atoms with E-state index in [0.717, 1.165) is 19.5 Å². The maximum atomic E-state index is 3.81. The molecule has 1 radical (unpaired) electrons. The molecule has 13 heavy (non-hydrogen) atoms. The molecule has 0 aromatic carbocycles. The average Bonchev–Trinajstić information content (AvgIpc) is 2.16. The first kappa shape index (κ1) is 12.9. The van der Waals surface area contributed by atoms with Crippen LogP contribution in [0.3, 0.4) is 0 Å². The predicted molar refractivity (Wildman–Crippen MR) is 59.9 cm³/mol. The van der Waals surface area contributed by atoms with Gasteiger partial charge >= 0.3 is 0 Å². The Morgan fingerprint density at radius 3 is 2.08 bits per heavy atom. The van der Waals surface area contributed by atoms with E-state index in [-0.39, 0.29) is 0 Å². The van der Waals surface area contributed by atoms with Gasteiger partial charge in [-0.25, -0.2) is 0 Å². The van der Waals surface area contributed by atoms with E-state index in [9.17, 15) is 0 Å². The number of hydrogen-bond donors (Lipinski definition) is 2. The van der Waals surface area contributed by atoms with Gasteiger partial charge in [0.1, 0.15) is 0 Å². The van der Waals surface area contributed by atoms with Crippen LogP contribution in [0.15, 0.2) is 0 Å². The molecular formula is C11H25N2. The molecule has 0 bridgehead atoms. The first-order valence-electron chi connectivity index (χ1n) is 5.56. The molecular weight excluding hydrogens is 160 g/mol. The van der Waals surface area contributed by atoms with Crippen LogP contribution in [0, 0.1) is 6.92 Å². The van der Waals surface area contributed by atoms with E-state index in [0.29, 0.717) is 0 Å². The fourth-order valence-electron chi connectivity index (χ4n) is 1.28. The molecule has 0 spiro atoms. The van der Waals surface area contributed by atoms with Gasteiger partial charge in [-0.3, -0.25) is 0 Å². The van der Waals surface area contributed by atoms with Crippen molar-refractivity contribution in [2.24, 2.45) is 0 Å². The molecule has 0 unspecified atom stereocenters. The Morgan fingerprint density at radius 1 is 0.846 bits per heavy atom. The van der Waals surface area contributed by atoms with Gasteiger partial charge in [-0.15, -0.1) is 0 Å². The lowest BCUT2D eigenvalue weighted by Crippen LogP contribution is -2.16. The van der Waals surface area contributed by atoms with Crippen LogP contribution in [0.1, 0.15) is 38.5 Å². The third kappa shape index (κ3) is 11.9. The fraction of sp³-hybridized carbons (Fsp3) is 0.909. The van der Waals surface area contributed by atoms with Gasteiger partial charge in [0, 0.05) is 0 Å². The Bertz CT molecular complexity index is 74.2. The van der Waals surface area contributed by atoms with Crippen LogP contribution in [0.25, 0.3) is 0 Å². The molecule has 2 heteroatoms. The van der Waals surface area contributed by atoms with Gasteiger partial charge in [0.2, 0.25) is 0 Å². The highest BCUT2D eigenvalue weighted by Crippen LogP contribution is 1.97. The molecule has 2 N–H and O–H groups in total. The second-order valence-corrected chi connectivity index (χ2v) is 3.47. The fourth-order valence-corrected chi connectivity index (χ4v) is 1.28. The lowest BCUT2D eigenvalue weighted by Gasteiger charge is -2.03. The Labute approximate surface area is 83.5 Å². The topological polar surface area (TPSA) is 24.1 Å². The Balaban J connectivity index is 2.76. The molecule has 0 aliphatic carbocycles. The molecule has 0 saturated carbocycles. The summed E-state index contributed by atoms with van der Waals surface area (Å²) in [5, 5.41) is 6.59. The van der Waals surface area contributed by atoms with Gasteiger partial charge in [0.25, 0.3) is 0 Å². The third-order valence-electron chi connectivity index (χ3n) is 2.13. The van der Waals surface area contributed by atoms with Crippen LogP contribution < -0.4 is 10.6 Å². The number of nitrogens with one attached hydrogen (secondary N) is 2. The van der Waals surface area contributed by atoms with Crippen LogP contribution in [0.5, 0.6) is 0 Å². The summed E-state index contributed by atoms with van der Waals surface area (Å²) < 4.78 is 0. The van der Waals surface area contributed by atoms with Crippen molar-refractivity contribution in [1.82, 2.24) is 10.6 Å². The van der Waals surface area contributed by atoms with E-state index in [1.54, 1.807) is 0 Å². The molecule has 0 amide bonds. The first-order valence-corrected chi connectivity index (χ1v) is 5.56. The van der Waals surface area contributed by atoms with E-state index in [2.05, 4.69) is 17.6 Å². The average molecular weight is 185 g/mol. The SMILES string of the molecule is [CH2]CCCNCCCCCCNC. The highest BCUT2D eigenvalue weighted by atomic mass is 14.8. The lowest BCUT2D eigenvalue weighted by molar-refractivity contribution is 0.571. The van der Waals surface area contributed by atoms with Crippen molar-refractivity contribution in [3.8, 4) is 0 Å². The summed E-state index contributed by atoms with van der Waals surface area (Å²) in [6, 6.07) is 0. The largest absolute Gasteiger partial charge is 0.320 e. The summed E-state index contributed by atoms with van der Waals surface area (Å²) in [7, 11) is 2.01. The minimum absolute atomic E-state index is 1.05. The summed E-state index contributed by atoms with van der Waals surface area (Å²) in [5.41, 5.74) is 0. The number of rotatable bonds is 10. The van der Waals surface area contributed by atoms with E-state index >= 15 is 0 Å². The summed E-state index contributed by atoms with van der Waals surface area (Å²) >= 11 is 0. The lowest BCUT2D eigenvalue weighted by atomic mass is 10.2. The van der Waals surface area contributed by atoms with Crippen molar-refractivity contribution in [3.05, 3.63) is 6.92 Å². The maximum Gasteiger partial charge on any atom is -0.00489 e. The van der Waals surface area contributed by atoms with Crippen LogP contribution in [-0.2, 0) is 0 Å². The van der Waals surface area contributed by atoms with E-state index < -0.39 is 0 Å². The van der Waals surface area contributed by atoms with Crippen molar-refractivity contribution in [1.29, 1.82) is 0 Å². The molecule has 0 aromatic rings. The van der Waals surface area contributed by atoms with E-state index in [4.69, 9.17) is 0 Å². The van der Waals surface area contributed by atoms with Crippen molar-refractivity contribution in [2.45, 2.75) is 38.5 Å². The zero-order valence-corrected chi connectivity index (χ0v) is 9.07. The monoisotopic (exact) mass is 185 g/mol. The van der Waals surface area contributed by atoms with Crippen LogP contribution in [0.4, 0.5) is 0 Å². The summed E-state index contributed by atoms with van der Waals surface area (Å²) in [5.74, 6) is 0. The second kappa shape index (κ2) is 11.9. The first-order chi connectivity index (χ1) is 6.41. The van der Waals surface area contributed by atoms with E-state index in [1.807, 2.05) is 7.05 Å². The quantitative estimate of drug-likeness (QED) is 0.508. The minimum atomic E-state index is 1.05. The zero-order valence-electron chi connectivity index (χ0n) is 9.07. The molecule has 0 saturated heterocycles. The molecule has 0 atom stereocenters. The molecule has 0 fully saturated rings. The van der Waals surface area contributed by atoms with Gasteiger partial charge in [0.15, 0.2) is 0 Å². The summed E-state index contributed by atoms with van der Waals surface area (Å²) in [4.78, 5) is 0. The molecule has 0 rings (SSSR count). The van der Waals surface area contributed by atoms with Gasteiger partial charge in [0.05, 0.1) is 0 Å². The Hall–Kier alpha value is -0.0800. The molecule has 0 heterocycles. The Morgan fingerprint density at radius 2 is 1.46 bits per heavy atom. The van der Waals surface area contributed by atoms with Gasteiger partial charge < -0.3 is 10.6 Å². The highest BCUT2D eigenvalue weighted by Gasteiger charge is 1.89. The second-order valence-electron chi connectivity index (χ2n) is 3.47. The van der Waals surface area contributed by atoms with Crippen molar-refractivity contribution in [2.75, 3.05) is 26.7 Å². The molecule has 79 valence electrons. The normalized spacial score (nSPS) is 10.6. The van der Waals surface area contributed by atoms with Crippen molar-refractivity contribution < 1.29 is 0 Å². The maximum absolute atomic E-state index is 3.81.